The van der Waals surface area contributed by atoms with Gasteiger partial charge < -0.3 is 10.2 Å². The summed E-state index contributed by atoms with van der Waals surface area (Å²) in [6.45, 7) is 4.42. The van der Waals surface area contributed by atoms with Gasteiger partial charge in [0, 0.05) is 16.3 Å². The van der Waals surface area contributed by atoms with Crippen LogP contribution in [0.25, 0.3) is 0 Å². The number of nitrogens with zero attached hydrogens (tertiary/aromatic N) is 1. The molecule has 2 atom stereocenters. The summed E-state index contributed by atoms with van der Waals surface area (Å²) >= 11 is 4.89. The van der Waals surface area contributed by atoms with Gasteiger partial charge in [-0.1, -0.05) is 36.8 Å². The number of thiocarbonyl (C=S) groups is 1. The Kier molecular flexibility index (Phi) is 9.03. The highest BCUT2D eigenvalue weighted by molar-refractivity contribution is 7.80. The van der Waals surface area contributed by atoms with Gasteiger partial charge in [-0.3, -0.25) is 14.5 Å². The minimum absolute atomic E-state index is 0.0258. The average molecular weight is 516 g/mol. The second-order valence-corrected chi connectivity index (χ2v) is 9.82. The van der Waals surface area contributed by atoms with Gasteiger partial charge in [-0.25, -0.2) is 14.0 Å². The van der Waals surface area contributed by atoms with Gasteiger partial charge in [-0.05, 0) is 70.3 Å². The summed E-state index contributed by atoms with van der Waals surface area (Å²) in [6.07, 6.45) is 6.59. The van der Waals surface area contributed by atoms with Crippen molar-refractivity contribution in [3.05, 3.63) is 58.4 Å². The zero-order valence-electron chi connectivity index (χ0n) is 20.3. The van der Waals surface area contributed by atoms with Gasteiger partial charge in [0.25, 0.3) is 0 Å². The monoisotopic (exact) mass is 515 g/mol. The maximum Gasteiger partial charge on any atom is 0.336 e. The standard InChI is InChI=1S/C16H20FNO.C11H10O5S/c17-14-7-3-2-6-13(14)15(16(19)12-8-9-12)18-10-4-1-5-11-18;1-4-6(10(13)14)3-7(17)9(5(2)12)8(4)11(15)16/h2-3,6-7,12,15H,1,4-5,8-11H2;3,9H,1-2H3,(H,13,14)(H,15,16). The van der Waals surface area contributed by atoms with Crippen molar-refractivity contribution in [2.75, 3.05) is 13.1 Å². The van der Waals surface area contributed by atoms with Gasteiger partial charge in [-0.2, -0.15) is 0 Å². The van der Waals surface area contributed by atoms with Crippen LogP contribution in [0.2, 0.25) is 0 Å². The molecule has 1 heterocycles. The molecule has 7 nitrogen and oxygen atoms in total. The fraction of sp³-hybridized carbons (Fsp3) is 0.444. The SMILES string of the molecule is CC(=O)C1C(=S)C=C(C(=O)O)C(C)=C1C(=O)O.O=C(C1CC1)C(c1ccccc1F)N1CCCCC1. The lowest BCUT2D eigenvalue weighted by atomic mass is 9.81. The Morgan fingerprint density at radius 1 is 1.03 bits per heavy atom. The number of carboxylic acids is 2. The fourth-order valence-electron chi connectivity index (χ4n) is 4.74. The highest BCUT2D eigenvalue weighted by atomic mass is 32.1. The van der Waals surface area contributed by atoms with E-state index in [0.717, 1.165) is 38.8 Å². The summed E-state index contributed by atoms with van der Waals surface area (Å²) in [6, 6.07) is 6.40. The molecule has 36 heavy (non-hydrogen) atoms. The maximum absolute atomic E-state index is 14.1. The van der Waals surface area contributed by atoms with Crippen molar-refractivity contribution in [1.29, 1.82) is 0 Å². The summed E-state index contributed by atoms with van der Waals surface area (Å²) < 4.78 is 14.1. The number of hydrogen-bond donors (Lipinski definition) is 2. The predicted octanol–water partition coefficient (Wildman–Crippen LogP) is 4.32. The second-order valence-electron chi connectivity index (χ2n) is 9.35. The molecule has 0 spiro atoms. The molecule has 1 aromatic rings. The van der Waals surface area contributed by atoms with Crippen molar-refractivity contribution < 1.29 is 33.8 Å². The number of likely N-dealkylation sites (tertiary alicyclic amines) is 1. The van der Waals surface area contributed by atoms with Crippen LogP contribution in [-0.2, 0) is 19.2 Å². The number of carboxylic acid groups (broad SMARTS) is 2. The Labute approximate surface area is 214 Å². The first kappa shape index (κ1) is 27.5. The number of halogens is 1. The maximum atomic E-state index is 14.1. The van der Waals surface area contributed by atoms with Crippen LogP contribution in [-0.4, -0.2) is 56.6 Å². The fourth-order valence-corrected chi connectivity index (χ4v) is 5.14. The molecule has 2 fully saturated rings. The molecule has 4 rings (SSSR count). The van der Waals surface area contributed by atoms with E-state index in [2.05, 4.69) is 4.90 Å². The van der Waals surface area contributed by atoms with Crippen LogP contribution in [0.5, 0.6) is 0 Å². The van der Waals surface area contributed by atoms with Crippen LogP contribution in [0.15, 0.2) is 47.1 Å². The van der Waals surface area contributed by atoms with Crippen LogP contribution >= 0.6 is 12.2 Å². The van der Waals surface area contributed by atoms with E-state index < -0.39 is 23.6 Å². The third kappa shape index (κ3) is 6.20. The number of carbonyl (C=O) groups excluding carboxylic acids is 2. The molecule has 1 saturated heterocycles. The van der Waals surface area contributed by atoms with E-state index in [0.29, 0.717) is 5.56 Å². The summed E-state index contributed by atoms with van der Waals surface area (Å²) in [5.41, 5.74) is 0.215. The highest BCUT2D eigenvalue weighted by Gasteiger charge is 2.39. The Bertz CT molecular complexity index is 1150. The Hall–Kier alpha value is -3.04. The van der Waals surface area contributed by atoms with E-state index in [1.165, 1.54) is 32.4 Å². The number of piperidine rings is 1. The van der Waals surface area contributed by atoms with Crippen molar-refractivity contribution >= 4 is 40.6 Å². The van der Waals surface area contributed by atoms with E-state index >= 15 is 0 Å². The number of benzene rings is 1. The topological polar surface area (TPSA) is 112 Å². The van der Waals surface area contributed by atoms with Crippen molar-refractivity contribution in [3.8, 4) is 0 Å². The van der Waals surface area contributed by atoms with Crippen molar-refractivity contribution in [1.82, 2.24) is 4.90 Å². The van der Waals surface area contributed by atoms with Gasteiger partial charge in [-0.15, -0.1) is 0 Å². The Morgan fingerprint density at radius 2 is 1.64 bits per heavy atom. The Morgan fingerprint density at radius 3 is 2.14 bits per heavy atom. The molecule has 2 unspecified atom stereocenters. The van der Waals surface area contributed by atoms with E-state index in [1.54, 1.807) is 12.1 Å². The molecule has 3 aliphatic rings. The average Bonchev–Trinajstić information content (AvgIpc) is 3.67. The second kappa shape index (κ2) is 11.8. The lowest BCUT2D eigenvalue weighted by Crippen LogP contribution is -2.39. The van der Waals surface area contributed by atoms with E-state index in [-0.39, 0.29) is 45.1 Å². The van der Waals surface area contributed by atoms with Gasteiger partial charge in [0.1, 0.15) is 11.6 Å². The molecule has 0 amide bonds. The molecule has 9 heteroatoms. The van der Waals surface area contributed by atoms with Gasteiger partial charge in [0.2, 0.25) is 0 Å². The molecule has 2 N–H and O–H groups in total. The minimum Gasteiger partial charge on any atom is -0.478 e. The Balaban J connectivity index is 0.000000202. The van der Waals surface area contributed by atoms with E-state index in [4.69, 9.17) is 22.4 Å². The lowest BCUT2D eigenvalue weighted by molar-refractivity contribution is -0.134. The zero-order valence-corrected chi connectivity index (χ0v) is 21.1. The first-order valence-corrected chi connectivity index (χ1v) is 12.4. The van der Waals surface area contributed by atoms with Gasteiger partial charge in [0.05, 0.1) is 23.1 Å². The van der Waals surface area contributed by atoms with Gasteiger partial charge in [0.15, 0.2) is 5.78 Å². The summed E-state index contributed by atoms with van der Waals surface area (Å²) in [4.78, 5) is 48.2. The number of rotatable bonds is 7. The molecule has 1 saturated carbocycles. The van der Waals surface area contributed by atoms with Crippen LogP contribution < -0.4 is 0 Å². The quantitative estimate of drug-likeness (QED) is 0.517. The highest BCUT2D eigenvalue weighted by Crippen LogP contribution is 2.38. The van der Waals surface area contributed by atoms with Crippen LogP contribution in [0.1, 0.15) is 57.6 Å². The lowest BCUT2D eigenvalue weighted by Gasteiger charge is -2.34. The molecule has 2 aliphatic carbocycles. The third-order valence-electron chi connectivity index (χ3n) is 6.74. The normalized spacial score (nSPS) is 21.1. The van der Waals surface area contributed by atoms with Crippen LogP contribution in [0.4, 0.5) is 4.39 Å². The van der Waals surface area contributed by atoms with Crippen molar-refractivity contribution in [3.63, 3.8) is 0 Å². The molecule has 1 aromatic carbocycles. The number of carbonyl (C=O) groups is 4. The van der Waals surface area contributed by atoms with Crippen molar-refractivity contribution in [2.45, 2.75) is 52.0 Å². The first-order chi connectivity index (χ1) is 17.0. The van der Waals surface area contributed by atoms with Crippen LogP contribution in [0.3, 0.4) is 0 Å². The number of hydrogen-bond acceptors (Lipinski definition) is 6. The van der Waals surface area contributed by atoms with Crippen molar-refractivity contribution in [2.24, 2.45) is 11.8 Å². The number of ketones is 2. The summed E-state index contributed by atoms with van der Waals surface area (Å²) in [5.74, 6) is -3.87. The van der Waals surface area contributed by atoms with Gasteiger partial charge >= 0.3 is 11.9 Å². The molecule has 0 aromatic heterocycles. The predicted molar refractivity (Wildman–Crippen MR) is 135 cm³/mol. The zero-order chi connectivity index (χ0) is 26.6. The number of aliphatic carboxylic acids is 2. The molecule has 0 bridgehead atoms. The number of allylic oxidation sites excluding steroid dienone is 1. The summed E-state index contributed by atoms with van der Waals surface area (Å²) in [7, 11) is 0. The molecule has 192 valence electrons. The van der Waals surface area contributed by atoms with Crippen LogP contribution in [0, 0.1) is 17.7 Å². The number of Topliss-reactive ketones (excluding diaryl/α,β-unsaturated/α-hetero) is 2. The first-order valence-electron chi connectivity index (χ1n) is 12.0. The summed E-state index contributed by atoms with van der Waals surface area (Å²) in [5, 5.41) is 18.0. The molecular formula is C27H30FNO6S. The largest absolute Gasteiger partial charge is 0.478 e. The van der Waals surface area contributed by atoms with E-state index in [1.807, 2.05) is 6.07 Å². The van der Waals surface area contributed by atoms with E-state index in [9.17, 15) is 23.6 Å². The molecule has 0 radical (unpaired) electrons. The smallest absolute Gasteiger partial charge is 0.336 e. The minimum atomic E-state index is -1.32. The third-order valence-corrected chi connectivity index (χ3v) is 7.09. The molecular weight excluding hydrogens is 485 g/mol. The molecule has 1 aliphatic heterocycles.